The molecule has 0 radical (unpaired) electrons. The van der Waals surface area contributed by atoms with E-state index in [1.54, 1.807) is 5.57 Å². The van der Waals surface area contributed by atoms with Crippen LogP contribution in [0.3, 0.4) is 0 Å². The van der Waals surface area contributed by atoms with Gasteiger partial charge in [0.1, 0.15) is 0 Å². The van der Waals surface area contributed by atoms with Crippen molar-refractivity contribution in [1.29, 1.82) is 0 Å². The van der Waals surface area contributed by atoms with E-state index in [1.165, 1.54) is 42.0 Å². The molecule has 0 aromatic heterocycles. The summed E-state index contributed by atoms with van der Waals surface area (Å²) in [5, 5.41) is 10.6. The standard InChI is InChI=1S/C27H39NO2S/c1-21-5-4-7-22(17-21)6-2-3-8-25-26-19-23(18-24(26)20-27(25)29)9-15-31-16-12-28-10-13-30-14-11-28/h3-5,7-8,17-18,24-27,29H,2,6,9-16,19-20H2,1H3/t24-,25+,26-,27+/m0/s1. The first-order valence-electron chi connectivity index (χ1n) is 12.2. The van der Waals surface area contributed by atoms with Gasteiger partial charge >= 0.3 is 0 Å². The average Bonchev–Trinajstić information content (AvgIpc) is 3.28. The molecule has 1 heterocycles. The van der Waals surface area contributed by atoms with Crippen molar-refractivity contribution >= 4 is 11.8 Å². The third-order valence-corrected chi connectivity index (χ3v) is 8.18. The average molecular weight is 442 g/mol. The molecule has 170 valence electrons. The Hall–Kier alpha value is -1.07. The van der Waals surface area contributed by atoms with Crippen LogP contribution in [0.1, 0.15) is 36.8 Å². The molecule has 0 spiro atoms. The third kappa shape index (κ3) is 6.71. The van der Waals surface area contributed by atoms with Gasteiger partial charge < -0.3 is 9.84 Å². The fourth-order valence-electron chi connectivity index (χ4n) is 5.49. The van der Waals surface area contributed by atoms with Crippen LogP contribution in [-0.2, 0) is 11.2 Å². The molecular weight excluding hydrogens is 402 g/mol. The number of nitrogens with zero attached hydrogens (tertiary/aromatic N) is 1. The lowest BCUT2D eigenvalue weighted by Gasteiger charge is -2.26. The second-order valence-electron chi connectivity index (χ2n) is 9.51. The van der Waals surface area contributed by atoms with Crippen LogP contribution in [0.15, 0.2) is 48.1 Å². The summed E-state index contributed by atoms with van der Waals surface area (Å²) in [6.07, 6.45) is 12.5. The molecule has 1 aromatic carbocycles. The molecule has 1 N–H and O–H groups in total. The Labute approximate surface area is 192 Å². The number of benzene rings is 1. The molecule has 1 aromatic rings. The number of ether oxygens (including phenoxy) is 1. The van der Waals surface area contributed by atoms with Crippen LogP contribution in [-0.4, -0.2) is 60.5 Å². The Morgan fingerprint density at radius 2 is 2.06 bits per heavy atom. The number of thioether (sulfide) groups is 1. The Balaban J connectivity index is 1.16. The highest BCUT2D eigenvalue weighted by molar-refractivity contribution is 7.99. The van der Waals surface area contributed by atoms with E-state index in [0.717, 1.165) is 45.6 Å². The summed E-state index contributed by atoms with van der Waals surface area (Å²) in [6, 6.07) is 8.79. The van der Waals surface area contributed by atoms with Crippen LogP contribution in [0.2, 0.25) is 0 Å². The van der Waals surface area contributed by atoms with Gasteiger partial charge in [0.05, 0.1) is 19.3 Å². The Bertz CT molecular complexity index is 755. The van der Waals surface area contributed by atoms with E-state index in [4.69, 9.17) is 4.74 Å². The van der Waals surface area contributed by atoms with Crippen LogP contribution >= 0.6 is 11.8 Å². The number of hydrogen-bond acceptors (Lipinski definition) is 4. The van der Waals surface area contributed by atoms with Gasteiger partial charge in [-0.25, -0.2) is 0 Å². The van der Waals surface area contributed by atoms with Crippen molar-refractivity contribution in [2.45, 2.75) is 45.1 Å². The first-order chi connectivity index (χ1) is 15.2. The van der Waals surface area contributed by atoms with Gasteiger partial charge in [0.25, 0.3) is 0 Å². The van der Waals surface area contributed by atoms with E-state index < -0.39 is 0 Å². The second kappa shape index (κ2) is 11.7. The molecule has 3 nitrogen and oxygen atoms in total. The number of aliphatic hydroxyl groups excluding tert-OH is 1. The predicted molar refractivity (Wildman–Crippen MR) is 132 cm³/mol. The highest BCUT2D eigenvalue weighted by Gasteiger charge is 2.43. The Morgan fingerprint density at radius 3 is 2.90 bits per heavy atom. The lowest BCUT2D eigenvalue weighted by molar-refractivity contribution is 0.0410. The third-order valence-electron chi connectivity index (χ3n) is 7.21. The van der Waals surface area contributed by atoms with Crippen LogP contribution in [0.4, 0.5) is 0 Å². The molecule has 4 heteroatoms. The molecule has 1 saturated carbocycles. The fraction of sp³-hybridized carbons (Fsp3) is 0.630. The van der Waals surface area contributed by atoms with Gasteiger partial charge in [-0.1, -0.05) is 53.6 Å². The van der Waals surface area contributed by atoms with Crippen molar-refractivity contribution in [2.24, 2.45) is 17.8 Å². The van der Waals surface area contributed by atoms with E-state index in [1.807, 2.05) is 0 Å². The molecule has 2 aliphatic carbocycles. The minimum atomic E-state index is -0.161. The number of morpholine rings is 1. The van der Waals surface area contributed by atoms with Gasteiger partial charge in [-0.3, -0.25) is 4.90 Å². The van der Waals surface area contributed by atoms with E-state index in [2.05, 4.69) is 66.1 Å². The van der Waals surface area contributed by atoms with E-state index in [9.17, 15) is 5.11 Å². The van der Waals surface area contributed by atoms with Crippen LogP contribution < -0.4 is 0 Å². The predicted octanol–water partition coefficient (Wildman–Crippen LogP) is 4.88. The molecule has 4 rings (SSSR count). The maximum Gasteiger partial charge on any atom is 0.0611 e. The molecule has 4 atom stereocenters. The number of aliphatic hydroxyl groups is 1. The molecule has 1 saturated heterocycles. The zero-order chi connectivity index (χ0) is 21.5. The summed E-state index contributed by atoms with van der Waals surface area (Å²) in [6.45, 7) is 7.33. The Kier molecular flexibility index (Phi) is 8.71. The van der Waals surface area contributed by atoms with Gasteiger partial charge in [0.2, 0.25) is 0 Å². The highest BCUT2D eigenvalue weighted by atomic mass is 32.2. The van der Waals surface area contributed by atoms with Gasteiger partial charge in [0.15, 0.2) is 0 Å². The first kappa shape index (κ1) is 23.1. The summed E-state index contributed by atoms with van der Waals surface area (Å²) in [5.41, 5.74) is 4.38. The van der Waals surface area contributed by atoms with Crippen LogP contribution in [0.5, 0.6) is 0 Å². The van der Waals surface area contributed by atoms with Crippen molar-refractivity contribution in [3.63, 3.8) is 0 Å². The maximum atomic E-state index is 10.6. The van der Waals surface area contributed by atoms with Gasteiger partial charge in [0, 0.05) is 31.3 Å². The zero-order valence-electron chi connectivity index (χ0n) is 19.0. The summed E-state index contributed by atoms with van der Waals surface area (Å²) >= 11 is 2.09. The lowest BCUT2D eigenvalue weighted by Crippen LogP contribution is -2.37. The smallest absolute Gasteiger partial charge is 0.0611 e. The minimum Gasteiger partial charge on any atom is -0.392 e. The van der Waals surface area contributed by atoms with Gasteiger partial charge in [-0.05, 0) is 62.2 Å². The van der Waals surface area contributed by atoms with Crippen molar-refractivity contribution in [3.8, 4) is 0 Å². The van der Waals surface area contributed by atoms with Crippen molar-refractivity contribution < 1.29 is 9.84 Å². The normalized spacial score (nSPS) is 28.9. The lowest BCUT2D eigenvalue weighted by atomic mass is 9.89. The highest BCUT2D eigenvalue weighted by Crippen LogP contribution is 2.48. The zero-order valence-corrected chi connectivity index (χ0v) is 19.9. The monoisotopic (exact) mass is 441 g/mol. The van der Waals surface area contributed by atoms with E-state index >= 15 is 0 Å². The summed E-state index contributed by atoms with van der Waals surface area (Å²) in [4.78, 5) is 2.52. The summed E-state index contributed by atoms with van der Waals surface area (Å²) in [5.74, 6) is 4.01. The quantitative estimate of drug-likeness (QED) is 0.414. The maximum absolute atomic E-state index is 10.6. The van der Waals surface area contributed by atoms with Crippen LogP contribution in [0, 0.1) is 24.7 Å². The topological polar surface area (TPSA) is 32.7 Å². The molecule has 3 aliphatic rings. The molecule has 0 bridgehead atoms. The molecule has 31 heavy (non-hydrogen) atoms. The number of fused-ring (bicyclic) bond motifs is 1. The Morgan fingerprint density at radius 1 is 1.19 bits per heavy atom. The molecular formula is C27H39NO2S. The van der Waals surface area contributed by atoms with Crippen molar-refractivity contribution in [3.05, 3.63) is 59.2 Å². The van der Waals surface area contributed by atoms with E-state index in [0.29, 0.717) is 17.8 Å². The van der Waals surface area contributed by atoms with Crippen molar-refractivity contribution in [2.75, 3.05) is 44.4 Å². The number of aryl methyl sites for hydroxylation is 2. The van der Waals surface area contributed by atoms with Gasteiger partial charge in [-0.2, -0.15) is 11.8 Å². The fourth-order valence-corrected chi connectivity index (χ4v) is 6.48. The number of rotatable bonds is 10. The molecule has 2 fully saturated rings. The molecule has 1 aliphatic heterocycles. The van der Waals surface area contributed by atoms with Crippen molar-refractivity contribution in [1.82, 2.24) is 4.90 Å². The molecule has 0 unspecified atom stereocenters. The largest absolute Gasteiger partial charge is 0.392 e. The van der Waals surface area contributed by atoms with Crippen LogP contribution in [0.25, 0.3) is 0 Å². The summed E-state index contributed by atoms with van der Waals surface area (Å²) < 4.78 is 5.42. The second-order valence-corrected chi connectivity index (χ2v) is 10.7. The number of allylic oxidation sites excluding steroid dienone is 3. The first-order valence-corrected chi connectivity index (χ1v) is 13.3. The van der Waals surface area contributed by atoms with E-state index in [-0.39, 0.29) is 6.10 Å². The minimum absolute atomic E-state index is 0.161. The number of hydrogen-bond donors (Lipinski definition) is 1. The summed E-state index contributed by atoms with van der Waals surface area (Å²) in [7, 11) is 0. The molecule has 0 amide bonds. The SMILES string of the molecule is Cc1cccc(CCC=C[C@@H]2[C@H]3CC(CCSCCN4CCOCC4)=C[C@H]3C[C@H]2O)c1. The van der Waals surface area contributed by atoms with Gasteiger partial charge in [-0.15, -0.1) is 0 Å².